The van der Waals surface area contributed by atoms with Gasteiger partial charge in [0.25, 0.3) is 15.9 Å². The van der Waals surface area contributed by atoms with Crippen molar-refractivity contribution < 1.29 is 22.3 Å². The highest BCUT2D eigenvalue weighted by Crippen LogP contribution is 2.17. The zero-order valence-electron chi connectivity index (χ0n) is 14.7. The number of sulfonamides is 1. The van der Waals surface area contributed by atoms with Crippen molar-refractivity contribution in [3.63, 3.8) is 0 Å². The summed E-state index contributed by atoms with van der Waals surface area (Å²) in [5.74, 6) is -0.535. The molecule has 0 unspecified atom stereocenters. The Bertz CT molecular complexity index is 850. The second-order valence-electron chi connectivity index (χ2n) is 6.03. The van der Waals surface area contributed by atoms with E-state index in [0.717, 1.165) is 5.56 Å². The van der Waals surface area contributed by atoms with E-state index in [1.54, 1.807) is 12.1 Å². The average molecular weight is 380 g/mol. The maximum Gasteiger partial charge on any atom is 0.275 e. The number of rotatable bonds is 7. The van der Waals surface area contributed by atoms with Crippen molar-refractivity contribution in [1.82, 2.24) is 10.3 Å². The van der Waals surface area contributed by atoms with Crippen LogP contribution in [-0.4, -0.2) is 20.4 Å². The first kappa shape index (κ1) is 19.9. The number of amides is 1. The monoisotopic (exact) mass is 380 g/mol. The molecule has 2 N–H and O–H groups in total. The van der Waals surface area contributed by atoms with Crippen molar-refractivity contribution in [2.45, 2.75) is 37.7 Å². The van der Waals surface area contributed by atoms with Crippen LogP contribution in [0.1, 0.15) is 32.3 Å². The van der Waals surface area contributed by atoms with E-state index in [1.165, 1.54) is 43.3 Å². The molecule has 2 aromatic rings. The Morgan fingerprint density at radius 3 is 2.12 bits per heavy atom. The molecule has 0 saturated carbocycles. The van der Waals surface area contributed by atoms with Gasteiger partial charge in [0.1, 0.15) is 11.6 Å². The van der Waals surface area contributed by atoms with Crippen molar-refractivity contribution in [3.05, 3.63) is 59.9 Å². The van der Waals surface area contributed by atoms with Crippen molar-refractivity contribution in [2.75, 3.05) is 0 Å². The average Bonchev–Trinajstić information content (AvgIpc) is 2.61. The number of carbonyl (C=O) groups is 1. The molecular formula is C18H21FN2O4S. The molecule has 0 bridgehead atoms. The highest BCUT2D eigenvalue weighted by atomic mass is 32.2. The van der Waals surface area contributed by atoms with Gasteiger partial charge in [-0.3, -0.25) is 10.2 Å². The summed E-state index contributed by atoms with van der Waals surface area (Å²) in [7, 11) is -3.90. The summed E-state index contributed by atoms with van der Waals surface area (Å²) >= 11 is 0. The van der Waals surface area contributed by atoms with E-state index in [0.29, 0.717) is 5.75 Å². The number of ether oxygens (including phenoxy) is 1. The zero-order chi connectivity index (χ0) is 19.3. The number of benzene rings is 2. The summed E-state index contributed by atoms with van der Waals surface area (Å²) in [6.45, 7) is 5.46. The smallest absolute Gasteiger partial charge is 0.275 e. The topological polar surface area (TPSA) is 84.5 Å². The Morgan fingerprint density at radius 2 is 1.58 bits per heavy atom. The van der Waals surface area contributed by atoms with Crippen LogP contribution in [0.5, 0.6) is 5.75 Å². The number of hydrogen-bond acceptors (Lipinski definition) is 4. The highest BCUT2D eigenvalue weighted by Gasteiger charge is 2.19. The van der Waals surface area contributed by atoms with E-state index in [9.17, 15) is 17.6 Å². The molecule has 1 amide bonds. The number of hydrazine groups is 1. The van der Waals surface area contributed by atoms with Crippen molar-refractivity contribution in [2.24, 2.45) is 0 Å². The second kappa shape index (κ2) is 8.29. The van der Waals surface area contributed by atoms with Gasteiger partial charge in [-0.2, -0.15) is 0 Å². The summed E-state index contributed by atoms with van der Waals surface area (Å²) in [5.41, 5.74) is 3.12. The normalized spacial score (nSPS) is 12.7. The summed E-state index contributed by atoms with van der Waals surface area (Å²) in [6.07, 6.45) is -0.980. The van der Waals surface area contributed by atoms with E-state index >= 15 is 0 Å². The van der Waals surface area contributed by atoms with Crippen LogP contribution in [0.3, 0.4) is 0 Å². The van der Waals surface area contributed by atoms with Gasteiger partial charge in [-0.25, -0.2) is 12.8 Å². The first-order valence-electron chi connectivity index (χ1n) is 8.03. The van der Waals surface area contributed by atoms with E-state index in [1.807, 2.05) is 18.7 Å². The maximum atomic E-state index is 12.9. The summed E-state index contributed by atoms with van der Waals surface area (Å²) < 4.78 is 42.6. The molecule has 0 aliphatic heterocycles. The van der Waals surface area contributed by atoms with Crippen LogP contribution in [0.25, 0.3) is 0 Å². The Balaban J connectivity index is 1.95. The van der Waals surface area contributed by atoms with Crippen LogP contribution < -0.4 is 15.0 Å². The minimum absolute atomic E-state index is 0.0364. The lowest BCUT2D eigenvalue weighted by Gasteiger charge is -2.15. The van der Waals surface area contributed by atoms with E-state index in [-0.39, 0.29) is 10.8 Å². The number of carbonyl (C=O) groups excluding carboxylic acids is 1. The third-order valence-corrected chi connectivity index (χ3v) is 4.92. The molecule has 0 saturated heterocycles. The molecule has 1 atom stereocenters. The predicted molar refractivity (Wildman–Crippen MR) is 95.5 cm³/mol. The maximum absolute atomic E-state index is 12.9. The van der Waals surface area contributed by atoms with E-state index < -0.39 is 27.9 Å². The highest BCUT2D eigenvalue weighted by molar-refractivity contribution is 7.89. The van der Waals surface area contributed by atoms with Gasteiger partial charge in [-0.05, 0) is 54.8 Å². The molecule has 0 spiro atoms. The third kappa shape index (κ3) is 5.27. The SMILES string of the molecule is CC(C)c1ccc(S(=O)(=O)NNC(=O)[C@@H](C)Oc2ccc(F)cc2)cc1. The molecule has 2 rings (SSSR count). The molecule has 0 heterocycles. The Morgan fingerprint density at radius 1 is 1.00 bits per heavy atom. The van der Waals surface area contributed by atoms with Gasteiger partial charge in [0.15, 0.2) is 6.10 Å². The van der Waals surface area contributed by atoms with Gasteiger partial charge in [0, 0.05) is 0 Å². The molecule has 0 radical (unpaired) electrons. The second-order valence-corrected chi connectivity index (χ2v) is 7.71. The molecular weight excluding hydrogens is 359 g/mol. The lowest BCUT2D eigenvalue weighted by Crippen LogP contribution is -2.47. The molecule has 140 valence electrons. The fraction of sp³-hybridized carbons (Fsp3) is 0.278. The van der Waals surface area contributed by atoms with Crippen molar-refractivity contribution in [3.8, 4) is 5.75 Å². The van der Waals surface area contributed by atoms with E-state index in [2.05, 4.69) is 5.43 Å². The summed E-state index contributed by atoms with van der Waals surface area (Å²) in [6, 6.07) is 11.5. The van der Waals surface area contributed by atoms with Gasteiger partial charge < -0.3 is 4.74 Å². The Labute approximate surface area is 152 Å². The number of hydrogen-bond donors (Lipinski definition) is 2. The Hall–Kier alpha value is -2.45. The fourth-order valence-corrected chi connectivity index (χ4v) is 2.93. The lowest BCUT2D eigenvalue weighted by atomic mass is 10.0. The molecule has 0 aliphatic rings. The summed E-state index contributed by atoms with van der Waals surface area (Å²) in [4.78, 5) is 14.1. The first-order valence-corrected chi connectivity index (χ1v) is 9.51. The van der Waals surface area contributed by atoms with Gasteiger partial charge in [-0.15, -0.1) is 4.83 Å². The predicted octanol–water partition coefficient (Wildman–Crippen LogP) is 2.73. The standard InChI is InChI=1S/C18H21FN2O4S/c1-12(2)14-4-10-17(11-5-14)26(23,24)21-20-18(22)13(3)25-16-8-6-15(19)7-9-16/h4-13,21H,1-3H3,(H,20,22)/t13-/m1/s1. The largest absolute Gasteiger partial charge is 0.481 e. The van der Waals surface area contributed by atoms with Crippen LogP contribution >= 0.6 is 0 Å². The molecule has 0 aliphatic carbocycles. The number of nitrogens with one attached hydrogen (secondary N) is 2. The minimum Gasteiger partial charge on any atom is -0.481 e. The van der Waals surface area contributed by atoms with Crippen LogP contribution in [0, 0.1) is 5.82 Å². The molecule has 8 heteroatoms. The van der Waals surface area contributed by atoms with E-state index in [4.69, 9.17) is 4.74 Å². The molecule has 6 nitrogen and oxygen atoms in total. The molecule has 26 heavy (non-hydrogen) atoms. The molecule has 0 aromatic heterocycles. The van der Waals surface area contributed by atoms with Gasteiger partial charge in [-0.1, -0.05) is 26.0 Å². The molecule has 2 aromatic carbocycles. The van der Waals surface area contributed by atoms with Crippen LogP contribution in [-0.2, 0) is 14.8 Å². The van der Waals surface area contributed by atoms with Crippen LogP contribution in [0.15, 0.2) is 53.4 Å². The van der Waals surface area contributed by atoms with Gasteiger partial charge >= 0.3 is 0 Å². The quantitative estimate of drug-likeness (QED) is 0.724. The minimum atomic E-state index is -3.90. The third-order valence-electron chi connectivity index (χ3n) is 3.66. The van der Waals surface area contributed by atoms with Crippen molar-refractivity contribution >= 4 is 15.9 Å². The molecule has 0 fully saturated rings. The summed E-state index contributed by atoms with van der Waals surface area (Å²) in [5, 5.41) is 0. The van der Waals surface area contributed by atoms with Gasteiger partial charge in [0.2, 0.25) is 0 Å². The fourth-order valence-electron chi connectivity index (χ4n) is 2.08. The first-order chi connectivity index (χ1) is 12.2. The van der Waals surface area contributed by atoms with Gasteiger partial charge in [0.05, 0.1) is 4.90 Å². The Kier molecular flexibility index (Phi) is 6.33. The zero-order valence-corrected chi connectivity index (χ0v) is 15.5. The van der Waals surface area contributed by atoms with Crippen molar-refractivity contribution in [1.29, 1.82) is 0 Å². The lowest BCUT2D eigenvalue weighted by molar-refractivity contribution is -0.127. The van der Waals surface area contributed by atoms with Crippen LogP contribution in [0.4, 0.5) is 4.39 Å². The van der Waals surface area contributed by atoms with Crippen LogP contribution in [0.2, 0.25) is 0 Å². The number of halogens is 1.